The average Bonchev–Trinajstić information content (AvgIpc) is 2.95. The number of ether oxygens (including phenoxy) is 2. The summed E-state index contributed by atoms with van der Waals surface area (Å²) in [7, 11) is 0. The summed E-state index contributed by atoms with van der Waals surface area (Å²) in [5.41, 5.74) is 0.556. The second-order valence-corrected chi connectivity index (χ2v) is 5.81. The van der Waals surface area contributed by atoms with Crippen LogP contribution in [0.3, 0.4) is 0 Å². The van der Waals surface area contributed by atoms with Crippen molar-refractivity contribution in [3.8, 4) is 11.5 Å². The van der Waals surface area contributed by atoms with Crippen molar-refractivity contribution >= 4 is 29.1 Å². The molecule has 2 aromatic carbocycles. The number of hydrogen-bond acceptors (Lipinski definition) is 4. The number of halogens is 2. The van der Waals surface area contributed by atoms with Gasteiger partial charge in [-0.1, -0.05) is 11.6 Å². The van der Waals surface area contributed by atoms with Crippen LogP contribution in [0.25, 0.3) is 0 Å². The third-order valence-corrected chi connectivity index (χ3v) is 4.24. The quantitative estimate of drug-likeness (QED) is 0.624. The molecule has 0 bridgehead atoms. The van der Waals surface area contributed by atoms with Crippen molar-refractivity contribution < 1.29 is 18.7 Å². The number of ketones is 1. The number of fused-ring (bicyclic) bond motifs is 1. The predicted molar refractivity (Wildman–Crippen MR) is 79.0 cm³/mol. The Morgan fingerprint density at radius 3 is 2.81 bits per heavy atom. The van der Waals surface area contributed by atoms with Crippen molar-refractivity contribution in [3.05, 3.63) is 52.8 Å². The van der Waals surface area contributed by atoms with Gasteiger partial charge in [0, 0.05) is 10.5 Å². The van der Waals surface area contributed by atoms with Gasteiger partial charge in [-0.2, -0.15) is 0 Å². The van der Waals surface area contributed by atoms with E-state index in [1.54, 1.807) is 24.3 Å². The van der Waals surface area contributed by atoms with Gasteiger partial charge in [0.25, 0.3) is 0 Å². The van der Waals surface area contributed by atoms with Gasteiger partial charge in [-0.25, -0.2) is 4.39 Å². The SMILES string of the molecule is O=C(CSc1ccc(F)c(Cl)c1)c1ccc2c(c1)OCO2. The molecule has 6 heteroatoms. The van der Waals surface area contributed by atoms with E-state index in [1.165, 1.54) is 23.9 Å². The van der Waals surface area contributed by atoms with Crippen molar-refractivity contribution in [1.29, 1.82) is 0 Å². The van der Waals surface area contributed by atoms with E-state index in [2.05, 4.69) is 0 Å². The van der Waals surface area contributed by atoms with Crippen molar-refractivity contribution in [2.45, 2.75) is 4.90 Å². The largest absolute Gasteiger partial charge is 0.454 e. The molecule has 0 unspecified atom stereocenters. The Morgan fingerprint density at radius 1 is 1.19 bits per heavy atom. The fourth-order valence-electron chi connectivity index (χ4n) is 1.87. The molecular formula is C15H10ClFO3S. The minimum atomic E-state index is -0.469. The molecule has 0 atom stereocenters. The van der Waals surface area contributed by atoms with Gasteiger partial charge in [-0.05, 0) is 36.4 Å². The molecule has 1 heterocycles. The maximum atomic E-state index is 13.1. The summed E-state index contributed by atoms with van der Waals surface area (Å²) in [5.74, 6) is 0.948. The van der Waals surface area contributed by atoms with Gasteiger partial charge in [0.2, 0.25) is 6.79 Å². The van der Waals surface area contributed by atoms with Crippen molar-refractivity contribution in [2.75, 3.05) is 12.5 Å². The first kappa shape index (κ1) is 14.2. The highest BCUT2D eigenvalue weighted by atomic mass is 35.5. The Labute approximate surface area is 130 Å². The van der Waals surface area contributed by atoms with Gasteiger partial charge in [-0.15, -0.1) is 11.8 Å². The highest BCUT2D eigenvalue weighted by Crippen LogP contribution is 2.33. The Kier molecular flexibility index (Phi) is 4.03. The second-order valence-electron chi connectivity index (χ2n) is 4.36. The van der Waals surface area contributed by atoms with Crippen LogP contribution in [0.5, 0.6) is 11.5 Å². The van der Waals surface area contributed by atoms with Crippen LogP contribution < -0.4 is 9.47 Å². The minimum Gasteiger partial charge on any atom is -0.454 e. The van der Waals surface area contributed by atoms with Gasteiger partial charge < -0.3 is 9.47 Å². The predicted octanol–water partition coefficient (Wildman–Crippen LogP) is 4.18. The number of hydrogen-bond donors (Lipinski definition) is 0. The molecule has 0 aliphatic carbocycles. The van der Waals surface area contributed by atoms with Gasteiger partial charge in [0.1, 0.15) is 5.82 Å². The lowest BCUT2D eigenvalue weighted by Gasteiger charge is -2.04. The van der Waals surface area contributed by atoms with Crippen LogP contribution in [0.1, 0.15) is 10.4 Å². The molecule has 0 aromatic heterocycles. The lowest BCUT2D eigenvalue weighted by Crippen LogP contribution is -2.02. The molecule has 3 nitrogen and oxygen atoms in total. The summed E-state index contributed by atoms with van der Waals surface area (Å²) >= 11 is 7.01. The fraction of sp³-hybridized carbons (Fsp3) is 0.133. The van der Waals surface area contributed by atoms with Crippen molar-refractivity contribution in [1.82, 2.24) is 0 Å². The normalized spacial score (nSPS) is 12.5. The van der Waals surface area contributed by atoms with Crippen LogP contribution in [0, 0.1) is 5.82 Å². The van der Waals surface area contributed by atoms with E-state index < -0.39 is 5.82 Å². The molecule has 2 aromatic rings. The zero-order chi connectivity index (χ0) is 14.8. The third-order valence-electron chi connectivity index (χ3n) is 2.96. The van der Waals surface area contributed by atoms with Gasteiger partial charge >= 0.3 is 0 Å². The number of Topliss-reactive ketones (excluding diaryl/α,β-unsaturated/α-hetero) is 1. The van der Waals surface area contributed by atoms with Crippen LogP contribution in [0.4, 0.5) is 4.39 Å². The highest BCUT2D eigenvalue weighted by Gasteiger charge is 2.16. The Bertz CT molecular complexity index is 705. The van der Waals surface area contributed by atoms with E-state index in [0.717, 1.165) is 4.90 Å². The topological polar surface area (TPSA) is 35.5 Å². The molecule has 0 amide bonds. The Balaban J connectivity index is 1.67. The molecule has 0 radical (unpaired) electrons. The maximum absolute atomic E-state index is 13.1. The van der Waals surface area contributed by atoms with Crippen LogP contribution in [-0.4, -0.2) is 18.3 Å². The molecule has 0 fully saturated rings. The molecule has 1 aliphatic rings. The first-order valence-corrected chi connectivity index (χ1v) is 7.50. The van der Waals surface area contributed by atoms with Crippen LogP contribution >= 0.6 is 23.4 Å². The monoisotopic (exact) mass is 324 g/mol. The average molecular weight is 325 g/mol. The lowest BCUT2D eigenvalue weighted by atomic mass is 10.1. The molecule has 108 valence electrons. The fourth-order valence-corrected chi connectivity index (χ4v) is 2.94. The van der Waals surface area contributed by atoms with E-state index in [-0.39, 0.29) is 23.4 Å². The zero-order valence-corrected chi connectivity index (χ0v) is 12.3. The van der Waals surface area contributed by atoms with E-state index in [4.69, 9.17) is 21.1 Å². The lowest BCUT2D eigenvalue weighted by molar-refractivity contribution is 0.102. The third kappa shape index (κ3) is 3.14. The minimum absolute atomic E-state index is 0.0428. The number of rotatable bonds is 4. The van der Waals surface area contributed by atoms with Crippen LogP contribution in [-0.2, 0) is 0 Å². The maximum Gasteiger partial charge on any atom is 0.231 e. The summed E-state index contributed by atoms with van der Waals surface area (Å²) in [6, 6.07) is 9.48. The molecule has 21 heavy (non-hydrogen) atoms. The highest BCUT2D eigenvalue weighted by molar-refractivity contribution is 8.00. The van der Waals surface area contributed by atoms with Crippen molar-refractivity contribution in [2.24, 2.45) is 0 Å². The molecule has 1 aliphatic heterocycles. The van der Waals surface area contributed by atoms with Crippen LogP contribution in [0.15, 0.2) is 41.3 Å². The first-order chi connectivity index (χ1) is 10.1. The smallest absolute Gasteiger partial charge is 0.231 e. The number of carbonyl (C=O) groups excluding carboxylic acids is 1. The van der Waals surface area contributed by atoms with E-state index in [9.17, 15) is 9.18 Å². The van der Waals surface area contributed by atoms with Gasteiger partial charge in [0.05, 0.1) is 10.8 Å². The van der Waals surface area contributed by atoms with E-state index in [1.807, 2.05) is 0 Å². The summed E-state index contributed by atoms with van der Waals surface area (Å²) in [5, 5.41) is 0.0514. The molecular weight excluding hydrogens is 315 g/mol. The molecule has 0 saturated heterocycles. The van der Waals surface area contributed by atoms with Crippen molar-refractivity contribution in [3.63, 3.8) is 0 Å². The Hall–Kier alpha value is -1.72. The first-order valence-electron chi connectivity index (χ1n) is 6.14. The molecule has 0 saturated carbocycles. The number of thioether (sulfide) groups is 1. The standard InChI is InChI=1S/C15H10ClFO3S/c16-11-6-10(2-3-12(11)17)21-7-13(18)9-1-4-14-15(5-9)20-8-19-14/h1-6H,7-8H2. The van der Waals surface area contributed by atoms with Gasteiger partial charge in [0.15, 0.2) is 17.3 Å². The van der Waals surface area contributed by atoms with Gasteiger partial charge in [-0.3, -0.25) is 4.79 Å². The van der Waals surface area contributed by atoms with Crippen LogP contribution in [0.2, 0.25) is 5.02 Å². The summed E-state index contributed by atoms with van der Waals surface area (Å²) < 4.78 is 23.5. The molecule has 0 N–H and O–H groups in total. The molecule has 0 spiro atoms. The second kappa shape index (κ2) is 5.95. The van der Waals surface area contributed by atoms with E-state index >= 15 is 0 Å². The number of benzene rings is 2. The zero-order valence-electron chi connectivity index (χ0n) is 10.8. The molecule has 3 rings (SSSR count). The summed E-state index contributed by atoms with van der Waals surface area (Å²) in [6.07, 6.45) is 0. The van der Waals surface area contributed by atoms with E-state index in [0.29, 0.717) is 17.1 Å². The Morgan fingerprint density at radius 2 is 2.00 bits per heavy atom. The summed E-state index contributed by atoms with van der Waals surface area (Å²) in [4.78, 5) is 12.9. The number of carbonyl (C=O) groups is 1. The summed E-state index contributed by atoms with van der Waals surface area (Å²) in [6.45, 7) is 0.176.